The van der Waals surface area contributed by atoms with E-state index in [1.54, 1.807) is 14.0 Å². The van der Waals surface area contributed by atoms with Gasteiger partial charge in [0.1, 0.15) is 29.7 Å². The predicted octanol–water partition coefficient (Wildman–Crippen LogP) is -4.65. The predicted molar refractivity (Wildman–Crippen MR) is 145 cm³/mol. The Morgan fingerprint density at radius 2 is 1.95 bits per heavy atom. The van der Waals surface area contributed by atoms with E-state index >= 15 is 0 Å². The SMILES string of the molecule is CN[C@@H]1[C@@H](O)[C@@H](O[C@H]2[C@H](NCC(O)CN)C[C@H](N)C([C@H]3OC(CNCCCN)=CC[C@H]3N)[C@@H]2O)OC[C@]1(C)O. The van der Waals surface area contributed by atoms with E-state index in [0.29, 0.717) is 25.9 Å². The van der Waals surface area contributed by atoms with Crippen LogP contribution in [0.1, 0.15) is 26.2 Å². The number of nitrogens with two attached hydrogens (primary N) is 4. The summed E-state index contributed by atoms with van der Waals surface area (Å²) in [7, 11) is 1.63. The summed E-state index contributed by atoms with van der Waals surface area (Å²) in [6.07, 6.45) is -2.05. The van der Waals surface area contributed by atoms with Crippen LogP contribution < -0.4 is 38.9 Å². The van der Waals surface area contributed by atoms with Crippen LogP contribution in [-0.4, -0.2) is 133 Å². The van der Waals surface area contributed by atoms with E-state index in [9.17, 15) is 20.4 Å². The minimum absolute atomic E-state index is 0.0606. The first-order valence-electron chi connectivity index (χ1n) is 14.0. The summed E-state index contributed by atoms with van der Waals surface area (Å²) in [6, 6.07) is -2.12. The second kappa shape index (κ2) is 14.8. The third kappa shape index (κ3) is 8.07. The topological polar surface area (TPSA) is 249 Å². The van der Waals surface area contributed by atoms with Crippen molar-refractivity contribution in [2.45, 2.75) is 92.8 Å². The minimum Gasteiger partial charge on any atom is -0.492 e. The van der Waals surface area contributed by atoms with Crippen molar-refractivity contribution in [1.82, 2.24) is 16.0 Å². The molecule has 3 rings (SSSR count). The molecule has 14 nitrogen and oxygen atoms in total. The van der Waals surface area contributed by atoms with Gasteiger partial charge in [-0.2, -0.15) is 0 Å². The molecule has 0 aromatic carbocycles. The van der Waals surface area contributed by atoms with Crippen molar-refractivity contribution >= 4 is 0 Å². The van der Waals surface area contributed by atoms with Crippen LogP contribution in [0.3, 0.4) is 0 Å². The smallest absolute Gasteiger partial charge is 0.185 e. The Morgan fingerprint density at radius 1 is 1.21 bits per heavy atom. The lowest BCUT2D eigenvalue weighted by Gasteiger charge is -2.50. The molecule has 0 aromatic rings. The largest absolute Gasteiger partial charge is 0.492 e. The van der Waals surface area contributed by atoms with Crippen molar-refractivity contribution in [3.8, 4) is 0 Å². The van der Waals surface area contributed by atoms with Crippen LogP contribution in [-0.2, 0) is 14.2 Å². The summed E-state index contributed by atoms with van der Waals surface area (Å²) >= 11 is 0. The zero-order valence-corrected chi connectivity index (χ0v) is 23.1. The molecule has 14 heteroatoms. The number of likely N-dealkylation sites (N-methyl/N-ethyl adjacent to an activating group) is 1. The molecule has 0 radical (unpaired) electrons. The van der Waals surface area contributed by atoms with Crippen LogP contribution in [0.25, 0.3) is 0 Å². The zero-order chi connectivity index (χ0) is 28.7. The van der Waals surface area contributed by atoms with Crippen LogP contribution in [0.15, 0.2) is 11.8 Å². The van der Waals surface area contributed by atoms with Gasteiger partial charge in [0.05, 0.1) is 31.4 Å². The van der Waals surface area contributed by atoms with Gasteiger partial charge in [0.2, 0.25) is 0 Å². The summed E-state index contributed by atoms with van der Waals surface area (Å²) in [5, 5.41) is 52.8. The highest BCUT2D eigenvalue weighted by Crippen LogP contribution is 2.36. The van der Waals surface area contributed by atoms with Crippen molar-refractivity contribution in [1.29, 1.82) is 0 Å². The highest BCUT2D eigenvalue weighted by molar-refractivity contribution is 5.10. The van der Waals surface area contributed by atoms with Crippen LogP contribution in [0.5, 0.6) is 0 Å². The highest BCUT2D eigenvalue weighted by Gasteiger charge is 2.53. The molecule has 2 aliphatic heterocycles. The summed E-state index contributed by atoms with van der Waals surface area (Å²) in [5.74, 6) is 0.145. The monoisotopic (exact) mass is 561 g/mol. The second-order valence-electron chi connectivity index (χ2n) is 11.2. The lowest BCUT2D eigenvalue weighted by atomic mass is 9.72. The summed E-state index contributed by atoms with van der Waals surface area (Å²) in [4.78, 5) is 0. The third-order valence-corrected chi connectivity index (χ3v) is 8.03. The first kappa shape index (κ1) is 32.5. The summed E-state index contributed by atoms with van der Waals surface area (Å²) in [5.41, 5.74) is 22.9. The molecule has 0 aromatic heterocycles. The first-order valence-corrected chi connectivity index (χ1v) is 14.0. The lowest BCUT2D eigenvalue weighted by molar-refractivity contribution is -0.298. The van der Waals surface area contributed by atoms with Crippen LogP contribution in [0, 0.1) is 5.92 Å². The zero-order valence-electron chi connectivity index (χ0n) is 23.1. The average Bonchev–Trinajstić information content (AvgIpc) is 2.89. The fourth-order valence-electron chi connectivity index (χ4n) is 5.83. The lowest BCUT2D eigenvalue weighted by Crippen LogP contribution is -2.69. The number of ether oxygens (including phenoxy) is 3. The van der Waals surface area contributed by atoms with E-state index in [2.05, 4.69) is 16.0 Å². The van der Waals surface area contributed by atoms with Gasteiger partial charge in [0.25, 0.3) is 0 Å². The van der Waals surface area contributed by atoms with Crippen molar-refractivity contribution in [3.05, 3.63) is 11.8 Å². The third-order valence-electron chi connectivity index (χ3n) is 8.03. The highest BCUT2D eigenvalue weighted by atomic mass is 16.7. The number of hydrogen-bond acceptors (Lipinski definition) is 14. The van der Waals surface area contributed by atoms with Crippen molar-refractivity contribution in [3.63, 3.8) is 0 Å². The van der Waals surface area contributed by atoms with Crippen molar-refractivity contribution in [2.75, 3.05) is 46.4 Å². The van der Waals surface area contributed by atoms with Gasteiger partial charge in [-0.3, -0.25) is 0 Å². The number of nitrogens with one attached hydrogen (secondary N) is 3. The molecule has 0 spiro atoms. The molecule has 12 atom stereocenters. The standard InChI is InChI=1S/C25H51N7O7/c1-25(36)12-37-24(20(35)23(25)30-2)39-22-17(32-10-13(33)9-27)8-16(29)18(19(22)34)21-15(28)5-4-14(38-21)11-31-7-3-6-26/h4,13,15-24,30-36H,3,5-12,26-29H2,1-2H3/t13?,15-,16+,17-,18?,19+,20-,21+,22+,23-,24-,25+/m1/s1. The maximum Gasteiger partial charge on any atom is 0.185 e. The van der Waals surface area contributed by atoms with Gasteiger partial charge >= 0.3 is 0 Å². The molecule has 0 bridgehead atoms. The maximum absolute atomic E-state index is 11.7. The van der Waals surface area contributed by atoms with Crippen LogP contribution >= 0.6 is 0 Å². The van der Waals surface area contributed by atoms with Gasteiger partial charge in [0, 0.05) is 37.1 Å². The molecular weight excluding hydrogens is 510 g/mol. The maximum atomic E-state index is 11.7. The molecular formula is C25H51N7O7. The Kier molecular flexibility index (Phi) is 12.3. The number of aliphatic hydroxyl groups excluding tert-OH is 3. The molecule has 1 saturated carbocycles. The molecule has 228 valence electrons. The molecule has 1 aliphatic carbocycles. The Bertz CT molecular complexity index is 779. The Balaban J connectivity index is 1.79. The van der Waals surface area contributed by atoms with Gasteiger partial charge < -0.3 is 73.5 Å². The van der Waals surface area contributed by atoms with E-state index < -0.39 is 72.5 Å². The molecule has 1 saturated heterocycles. The van der Waals surface area contributed by atoms with Crippen molar-refractivity contribution in [2.24, 2.45) is 28.9 Å². The molecule has 3 aliphatic rings. The van der Waals surface area contributed by atoms with Gasteiger partial charge in [-0.15, -0.1) is 0 Å². The van der Waals surface area contributed by atoms with Gasteiger partial charge in [0.15, 0.2) is 6.29 Å². The fourth-order valence-corrected chi connectivity index (χ4v) is 5.83. The molecule has 2 unspecified atom stereocenters. The number of hydrogen-bond donors (Lipinski definition) is 11. The normalized spacial score (nSPS) is 42.1. The molecule has 2 fully saturated rings. The van der Waals surface area contributed by atoms with Crippen molar-refractivity contribution < 1.29 is 34.6 Å². The Morgan fingerprint density at radius 3 is 2.62 bits per heavy atom. The van der Waals surface area contributed by atoms with Gasteiger partial charge in [-0.05, 0) is 52.4 Å². The second-order valence-corrected chi connectivity index (χ2v) is 11.2. The van der Waals surface area contributed by atoms with E-state index in [-0.39, 0.29) is 19.7 Å². The Labute approximate surface area is 230 Å². The minimum atomic E-state index is -1.32. The molecule has 0 amide bonds. The molecule has 15 N–H and O–H groups in total. The van der Waals surface area contributed by atoms with Crippen LogP contribution in [0.2, 0.25) is 0 Å². The summed E-state index contributed by atoms with van der Waals surface area (Å²) < 4.78 is 18.2. The number of rotatable bonds is 13. The first-order chi connectivity index (χ1) is 18.5. The van der Waals surface area contributed by atoms with E-state index in [1.165, 1.54) is 0 Å². The quantitative estimate of drug-likeness (QED) is 0.0947. The molecule has 2 heterocycles. The van der Waals surface area contributed by atoms with E-state index in [0.717, 1.165) is 18.7 Å². The van der Waals surface area contributed by atoms with Crippen LogP contribution in [0.4, 0.5) is 0 Å². The fraction of sp³-hybridized carbons (Fsp3) is 0.920. The average molecular weight is 562 g/mol. The summed E-state index contributed by atoms with van der Waals surface area (Å²) in [6.45, 7) is 3.55. The number of aliphatic hydroxyl groups is 4. The van der Waals surface area contributed by atoms with Gasteiger partial charge in [-0.25, -0.2) is 0 Å². The van der Waals surface area contributed by atoms with E-state index in [1.807, 2.05) is 6.08 Å². The molecule has 39 heavy (non-hydrogen) atoms. The van der Waals surface area contributed by atoms with E-state index in [4.69, 9.17) is 37.1 Å². The Hall–Kier alpha value is -0.980. The van der Waals surface area contributed by atoms with Gasteiger partial charge in [-0.1, -0.05) is 0 Å².